The molecule has 0 bridgehead atoms. The van der Waals surface area contributed by atoms with E-state index in [4.69, 9.17) is 0 Å². The number of amides is 1. The Hall–Kier alpha value is -3.18. The van der Waals surface area contributed by atoms with Crippen LogP contribution in [0.5, 0.6) is 0 Å². The van der Waals surface area contributed by atoms with Crippen molar-refractivity contribution in [1.29, 1.82) is 0 Å². The Morgan fingerprint density at radius 2 is 1.63 bits per heavy atom. The summed E-state index contributed by atoms with van der Waals surface area (Å²) in [6, 6.07) is 22.2. The maximum atomic E-state index is 12.8. The van der Waals surface area contributed by atoms with Crippen molar-refractivity contribution in [2.75, 3.05) is 13.1 Å². The predicted molar refractivity (Wildman–Crippen MR) is 119 cm³/mol. The van der Waals surface area contributed by atoms with E-state index in [1.165, 1.54) is 0 Å². The average molecular weight is 402 g/mol. The zero-order valence-corrected chi connectivity index (χ0v) is 17.0. The summed E-state index contributed by atoms with van der Waals surface area (Å²) in [4.78, 5) is 29.6. The third-order valence-corrected chi connectivity index (χ3v) is 5.81. The smallest absolute Gasteiger partial charge is 0.252 e. The number of carbonyl (C=O) groups excluding carboxylic acids is 1. The van der Waals surface area contributed by atoms with E-state index in [0.29, 0.717) is 13.1 Å². The molecule has 0 spiro atoms. The van der Waals surface area contributed by atoms with Gasteiger partial charge >= 0.3 is 0 Å². The van der Waals surface area contributed by atoms with Gasteiger partial charge in [0, 0.05) is 30.8 Å². The summed E-state index contributed by atoms with van der Waals surface area (Å²) in [7, 11) is 0. The number of rotatable bonds is 6. The van der Waals surface area contributed by atoms with E-state index < -0.39 is 0 Å². The van der Waals surface area contributed by atoms with Crippen molar-refractivity contribution in [3.05, 3.63) is 94.4 Å². The Kier molecular flexibility index (Phi) is 6.40. The SMILES string of the molecule is O=C(NCc1ccccc1-c1ccccc1)C1CCN(Cc2ccc[nH]c2=O)CC1. The number of carbonyl (C=O) groups is 1. The van der Waals surface area contributed by atoms with Gasteiger partial charge in [0.1, 0.15) is 0 Å². The highest BCUT2D eigenvalue weighted by Crippen LogP contribution is 2.24. The molecule has 0 atom stereocenters. The number of nitrogens with one attached hydrogen (secondary N) is 2. The van der Waals surface area contributed by atoms with Crippen LogP contribution in [0, 0.1) is 5.92 Å². The molecule has 3 aromatic rings. The molecule has 1 aliphatic heterocycles. The summed E-state index contributed by atoms with van der Waals surface area (Å²) in [6.45, 7) is 2.82. The second kappa shape index (κ2) is 9.55. The average Bonchev–Trinajstić information content (AvgIpc) is 2.80. The van der Waals surface area contributed by atoms with Gasteiger partial charge in [0.2, 0.25) is 5.91 Å². The highest BCUT2D eigenvalue weighted by molar-refractivity contribution is 5.79. The Morgan fingerprint density at radius 1 is 0.933 bits per heavy atom. The molecule has 1 saturated heterocycles. The molecule has 1 aromatic heterocycles. The molecule has 0 aliphatic carbocycles. The van der Waals surface area contributed by atoms with Gasteiger partial charge in [-0.05, 0) is 48.7 Å². The van der Waals surface area contributed by atoms with Crippen molar-refractivity contribution in [2.24, 2.45) is 5.92 Å². The van der Waals surface area contributed by atoms with Crippen LogP contribution in [-0.4, -0.2) is 28.9 Å². The fraction of sp³-hybridized carbons (Fsp3) is 0.280. The maximum absolute atomic E-state index is 12.8. The van der Waals surface area contributed by atoms with Gasteiger partial charge in [-0.1, -0.05) is 60.7 Å². The van der Waals surface area contributed by atoms with Gasteiger partial charge in [-0.25, -0.2) is 0 Å². The molecule has 2 N–H and O–H groups in total. The summed E-state index contributed by atoms with van der Waals surface area (Å²) in [5, 5.41) is 3.14. The van der Waals surface area contributed by atoms with E-state index in [0.717, 1.165) is 48.2 Å². The lowest BCUT2D eigenvalue weighted by Crippen LogP contribution is -2.40. The first-order chi connectivity index (χ1) is 14.7. The second-order valence-electron chi connectivity index (χ2n) is 7.82. The van der Waals surface area contributed by atoms with Crippen LogP contribution < -0.4 is 10.9 Å². The van der Waals surface area contributed by atoms with E-state index in [-0.39, 0.29) is 17.4 Å². The molecular formula is C25H27N3O2. The summed E-state index contributed by atoms with van der Waals surface area (Å²) in [6.07, 6.45) is 3.28. The third-order valence-electron chi connectivity index (χ3n) is 5.81. The zero-order valence-electron chi connectivity index (χ0n) is 17.0. The number of benzene rings is 2. The number of hydrogen-bond acceptors (Lipinski definition) is 3. The third kappa shape index (κ3) is 4.86. The Balaban J connectivity index is 1.31. The molecule has 154 valence electrons. The summed E-state index contributed by atoms with van der Waals surface area (Å²) in [5.41, 5.74) is 4.18. The van der Waals surface area contributed by atoms with E-state index in [9.17, 15) is 9.59 Å². The minimum absolute atomic E-state index is 0.0270. The second-order valence-corrected chi connectivity index (χ2v) is 7.82. The number of likely N-dealkylation sites (tertiary alicyclic amines) is 1. The highest BCUT2D eigenvalue weighted by Gasteiger charge is 2.25. The molecule has 0 radical (unpaired) electrons. The number of aromatic nitrogens is 1. The topological polar surface area (TPSA) is 65.2 Å². The molecule has 1 fully saturated rings. The molecule has 1 amide bonds. The summed E-state index contributed by atoms with van der Waals surface area (Å²) >= 11 is 0. The largest absolute Gasteiger partial charge is 0.352 e. The van der Waals surface area contributed by atoms with Crippen molar-refractivity contribution in [2.45, 2.75) is 25.9 Å². The first-order valence-corrected chi connectivity index (χ1v) is 10.5. The van der Waals surface area contributed by atoms with Gasteiger partial charge in [-0.2, -0.15) is 0 Å². The lowest BCUT2D eigenvalue weighted by atomic mass is 9.95. The lowest BCUT2D eigenvalue weighted by Gasteiger charge is -2.31. The number of hydrogen-bond donors (Lipinski definition) is 2. The molecule has 2 heterocycles. The number of aromatic amines is 1. The number of H-pyrrole nitrogens is 1. The Labute approximate surface area is 176 Å². The van der Waals surface area contributed by atoms with Crippen LogP contribution >= 0.6 is 0 Å². The fourth-order valence-corrected chi connectivity index (χ4v) is 4.08. The van der Waals surface area contributed by atoms with Crippen molar-refractivity contribution in [3.8, 4) is 11.1 Å². The first-order valence-electron chi connectivity index (χ1n) is 10.5. The lowest BCUT2D eigenvalue weighted by molar-refractivity contribution is -0.126. The van der Waals surface area contributed by atoms with Gasteiger partial charge in [0.25, 0.3) is 5.56 Å². The minimum Gasteiger partial charge on any atom is -0.352 e. The van der Waals surface area contributed by atoms with Crippen LogP contribution in [0.1, 0.15) is 24.0 Å². The highest BCUT2D eigenvalue weighted by atomic mass is 16.2. The van der Waals surface area contributed by atoms with Crippen LogP contribution in [0.25, 0.3) is 11.1 Å². The molecule has 0 saturated carbocycles. The van der Waals surface area contributed by atoms with Crippen molar-refractivity contribution in [1.82, 2.24) is 15.2 Å². The number of nitrogens with zero attached hydrogens (tertiary/aromatic N) is 1. The number of pyridine rings is 1. The number of piperidine rings is 1. The zero-order chi connectivity index (χ0) is 20.8. The van der Waals surface area contributed by atoms with Gasteiger partial charge in [0.15, 0.2) is 0 Å². The van der Waals surface area contributed by atoms with Crippen LogP contribution in [0.4, 0.5) is 0 Å². The first kappa shape index (κ1) is 20.1. The van der Waals surface area contributed by atoms with E-state index in [2.05, 4.69) is 39.5 Å². The monoisotopic (exact) mass is 401 g/mol. The molecule has 5 heteroatoms. The molecule has 0 unspecified atom stereocenters. The van der Waals surface area contributed by atoms with E-state index in [1.807, 2.05) is 42.5 Å². The van der Waals surface area contributed by atoms with E-state index >= 15 is 0 Å². The minimum atomic E-state index is -0.0329. The van der Waals surface area contributed by atoms with Crippen LogP contribution in [0.15, 0.2) is 77.7 Å². The fourth-order valence-electron chi connectivity index (χ4n) is 4.08. The molecular weight excluding hydrogens is 374 g/mol. The quantitative estimate of drug-likeness (QED) is 0.664. The van der Waals surface area contributed by atoms with Gasteiger partial charge in [-0.15, -0.1) is 0 Å². The van der Waals surface area contributed by atoms with Crippen molar-refractivity contribution in [3.63, 3.8) is 0 Å². The normalized spacial score (nSPS) is 15.1. The van der Waals surface area contributed by atoms with Crippen LogP contribution in [0.2, 0.25) is 0 Å². The predicted octanol–water partition coefficient (Wildman–Crippen LogP) is 3.57. The van der Waals surface area contributed by atoms with Gasteiger partial charge < -0.3 is 10.3 Å². The standard InChI is InChI=1S/C25H27N3O2/c29-24(20-12-15-28(16-13-20)18-22-10-6-14-26-25(22)30)27-17-21-9-4-5-11-23(21)19-7-2-1-3-8-19/h1-11,14,20H,12-13,15-18H2,(H,26,30)(H,27,29). The summed E-state index contributed by atoms with van der Waals surface area (Å²) in [5.74, 6) is 0.147. The molecule has 1 aliphatic rings. The summed E-state index contributed by atoms with van der Waals surface area (Å²) < 4.78 is 0. The molecule has 4 rings (SSSR count). The van der Waals surface area contributed by atoms with Gasteiger partial charge in [0.05, 0.1) is 0 Å². The van der Waals surface area contributed by atoms with Crippen LogP contribution in [0.3, 0.4) is 0 Å². The Morgan fingerprint density at radius 3 is 2.40 bits per heavy atom. The van der Waals surface area contributed by atoms with Crippen LogP contribution in [-0.2, 0) is 17.9 Å². The van der Waals surface area contributed by atoms with Gasteiger partial charge in [-0.3, -0.25) is 14.5 Å². The maximum Gasteiger partial charge on any atom is 0.252 e. The van der Waals surface area contributed by atoms with E-state index in [1.54, 1.807) is 6.20 Å². The molecule has 2 aromatic carbocycles. The van der Waals surface area contributed by atoms with Crippen molar-refractivity contribution < 1.29 is 4.79 Å². The molecule has 5 nitrogen and oxygen atoms in total. The Bertz CT molecular complexity index is 1040. The van der Waals surface area contributed by atoms with Crippen molar-refractivity contribution >= 4 is 5.91 Å². The molecule has 30 heavy (non-hydrogen) atoms.